The maximum Gasteiger partial charge on any atom is 0.174 e. The van der Waals surface area contributed by atoms with Crippen LogP contribution >= 0.6 is 34.2 Å². The molecule has 0 fully saturated rings. The molecule has 0 atom stereocenters. The van der Waals surface area contributed by atoms with Crippen molar-refractivity contribution < 1.29 is 9.47 Å². The fourth-order valence-electron chi connectivity index (χ4n) is 3.36. The van der Waals surface area contributed by atoms with E-state index >= 15 is 0 Å². The summed E-state index contributed by atoms with van der Waals surface area (Å²) in [5.41, 5.74) is 4.26. The van der Waals surface area contributed by atoms with E-state index < -0.39 is 0 Å². The minimum Gasteiger partial charge on any atom is -0.493 e. The van der Waals surface area contributed by atoms with Gasteiger partial charge < -0.3 is 14.0 Å². The Labute approximate surface area is 205 Å². The lowest BCUT2D eigenvalue weighted by molar-refractivity contribution is 0.282. The van der Waals surface area contributed by atoms with Crippen LogP contribution in [0.3, 0.4) is 0 Å². The van der Waals surface area contributed by atoms with E-state index in [1.165, 1.54) is 0 Å². The number of imidazole rings is 1. The number of hydrogen-bond acceptors (Lipinski definition) is 4. The summed E-state index contributed by atoms with van der Waals surface area (Å²) in [6.07, 6.45) is 3.61. The summed E-state index contributed by atoms with van der Waals surface area (Å²) >= 11 is 8.45. The highest BCUT2D eigenvalue weighted by Gasteiger charge is 2.13. The van der Waals surface area contributed by atoms with E-state index in [1.54, 1.807) is 13.4 Å². The number of methoxy groups -OCH3 is 1. The highest BCUT2D eigenvalue weighted by atomic mass is 127. The number of aromatic nitrogens is 2. The Morgan fingerprint density at radius 2 is 1.97 bits per heavy atom. The average Bonchev–Trinajstić information content (AvgIpc) is 3.21. The van der Waals surface area contributed by atoms with Crippen LogP contribution in [0.2, 0.25) is 5.02 Å². The zero-order valence-corrected chi connectivity index (χ0v) is 20.2. The third kappa shape index (κ3) is 4.90. The molecular weight excluding hydrogens is 537 g/mol. The second-order valence-corrected chi connectivity index (χ2v) is 8.63. The standard InChI is InChI=1S/C25H19ClIN3O2/c1-31-24-12-17(11-21(27)25(24)32-15-19-6-2-3-7-20(19)26)10-18(13-28)14-30-16-29-22-8-4-5-9-23(22)30/h2-12,16H,14-15H2,1H3/b18-10-. The molecule has 0 unspecified atom stereocenters. The van der Waals surface area contributed by atoms with Crippen molar-refractivity contribution in [3.8, 4) is 17.6 Å². The van der Waals surface area contributed by atoms with Crippen LogP contribution in [-0.4, -0.2) is 16.7 Å². The first-order valence-corrected chi connectivity index (χ1v) is 11.3. The summed E-state index contributed by atoms with van der Waals surface area (Å²) < 4.78 is 14.5. The molecule has 0 aliphatic carbocycles. The number of fused-ring (bicyclic) bond motifs is 1. The molecule has 0 amide bonds. The fraction of sp³-hybridized carbons (Fsp3) is 0.120. The molecule has 0 bridgehead atoms. The predicted molar refractivity (Wildman–Crippen MR) is 135 cm³/mol. The van der Waals surface area contributed by atoms with E-state index in [0.717, 1.165) is 25.7 Å². The molecule has 4 aromatic rings. The number of benzene rings is 3. The van der Waals surface area contributed by atoms with Gasteiger partial charge in [-0.3, -0.25) is 0 Å². The highest BCUT2D eigenvalue weighted by molar-refractivity contribution is 14.1. The maximum atomic E-state index is 9.72. The van der Waals surface area contributed by atoms with Gasteiger partial charge in [0, 0.05) is 16.2 Å². The molecule has 32 heavy (non-hydrogen) atoms. The van der Waals surface area contributed by atoms with Gasteiger partial charge in [-0.15, -0.1) is 0 Å². The van der Waals surface area contributed by atoms with Crippen LogP contribution in [0.1, 0.15) is 11.1 Å². The number of para-hydroxylation sites is 2. The predicted octanol–water partition coefficient (Wildman–Crippen LogP) is 6.49. The molecule has 1 heterocycles. The number of nitriles is 1. The smallest absolute Gasteiger partial charge is 0.174 e. The summed E-state index contributed by atoms with van der Waals surface area (Å²) in [6, 6.07) is 21.6. The molecule has 0 aliphatic rings. The van der Waals surface area contributed by atoms with E-state index in [2.05, 4.69) is 33.6 Å². The maximum absolute atomic E-state index is 9.72. The Kier molecular flexibility index (Phi) is 6.98. The van der Waals surface area contributed by atoms with Gasteiger partial charge in [-0.05, 0) is 64.6 Å². The lowest BCUT2D eigenvalue weighted by Crippen LogP contribution is -2.01. The summed E-state index contributed by atoms with van der Waals surface area (Å²) in [5.74, 6) is 1.24. The number of halogens is 2. The van der Waals surface area contributed by atoms with Crippen molar-refractivity contribution in [3.63, 3.8) is 0 Å². The van der Waals surface area contributed by atoms with Crippen LogP contribution in [0.15, 0.2) is 72.6 Å². The monoisotopic (exact) mass is 555 g/mol. The molecule has 0 spiro atoms. The van der Waals surface area contributed by atoms with Gasteiger partial charge in [0.1, 0.15) is 6.61 Å². The molecule has 3 aromatic carbocycles. The molecule has 0 saturated carbocycles. The van der Waals surface area contributed by atoms with Gasteiger partial charge >= 0.3 is 0 Å². The topological polar surface area (TPSA) is 60.1 Å². The zero-order chi connectivity index (χ0) is 22.5. The number of hydrogen-bond donors (Lipinski definition) is 0. The van der Waals surface area contributed by atoms with E-state index in [-0.39, 0.29) is 0 Å². The van der Waals surface area contributed by atoms with Gasteiger partial charge in [-0.2, -0.15) is 5.26 Å². The van der Waals surface area contributed by atoms with E-state index in [9.17, 15) is 5.26 Å². The highest BCUT2D eigenvalue weighted by Crippen LogP contribution is 2.35. The van der Waals surface area contributed by atoms with E-state index in [1.807, 2.05) is 71.3 Å². The van der Waals surface area contributed by atoms with Crippen molar-refractivity contribution >= 4 is 51.3 Å². The molecular formula is C25H19ClIN3O2. The Hall–Kier alpha value is -3.02. The SMILES string of the molecule is COc1cc(/C=C(/C#N)Cn2cnc3ccccc32)cc(I)c1OCc1ccccc1Cl. The van der Waals surface area contributed by atoms with Gasteiger partial charge in [0.25, 0.3) is 0 Å². The molecule has 4 rings (SSSR count). The third-order valence-corrected chi connectivity index (χ3v) is 6.10. The lowest BCUT2D eigenvalue weighted by atomic mass is 10.1. The molecule has 5 nitrogen and oxygen atoms in total. The first-order chi connectivity index (χ1) is 15.6. The molecule has 0 radical (unpaired) electrons. The second kappa shape index (κ2) is 10.1. The van der Waals surface area contributed by atoms with Crippen LogP contribution in [0, 0.1) is 14.9 Å². The van der Waals surface area contributed by atoms with E-state index in [0.29, 0.717) is 35.2 Å². The van der Waals surface area contributed by atoms with E-state index in [4.69, 9.17) is 21.1 Å². The molecule has 7 heteroatoms. The molecule has 0 aliphatic heterocycles. The quantitative estimate of drug-likeness (QED) is 0.193. The largest absolute Gasteiger partial charge is 0.493 e. The summed E-state index contributed by atoms with van der Waals surface area (Å²) in [6.45, 7) is 0.763. The molecule has 160 valence electrons. The third-order valence-electron chi connectivity index (χ3n) is 4.93. The average molecular weight is 556 g/mol. The minimum absolute atomic E-state index is 0.332. The fourth-order valence-corrected chi connectivity index (χ4v) is 4.33. The lowest BCUT2D eigenvalue weighted by Gasteiger charge is -2.14. The summed E-state index contributed by atoms with van der Waals surface area (Å²) in [5, 5.41) is 10.4. The van der Waals surface area contributed by atoms with Crippen LogP contribution < -0.4 is 9.47 Å². The minimum atomic E-state index is 0.332. The summed E-state index contributed by atoms with van der Waals surface area (Å²) in [4.78, 5) is 4.40. The zero-order valence-electron chi connectivity index (χ0n) is 17.3. The normalized spacial score (nSPS) is 11.4. The van der Waals surface area contributed by atoms with Gasteiger partial charge in [-0.1, -0.05) is 41.9 Å². The Balaban J connectivity index is 1.59. The van der Waals surface area contributed by atoms with Crippen molar-refractivity contribution in [1.29, 1.82) is 5.26 Å². The van der Waals surface area contributed by atoms with Crippen LogP contribution in [0.25, 0.3) is 17.1 Å². The Morgan fingerprint density at radius 3 is 2.75 bits per heavy atom. The van der Waals surface area contributed by atoms with Gasteiger partial charge in [0.05, 0.1) is 40.7 Å². The molecule has 1 aromatic heterocycles. The van der Waals surface area contributed by atoms with Crippen molar-refractivity contribution in [2.24, 2.45) is 0 Å². The van der Waals surface area contributed by atoms with Crippen LogP contribution in [0.5, 0.6) is 11.5 Å². The van der Waals surface area contributed by atoms with Crippen molar-refractivity contribution in [3.05, 3.63) is 92.3 Å². The number of nitrogens with zero attached hydrogens (tertiary/aromatic N) is 3. The van der Waals surface area contributed by atoms with Gasteiger partial charge in [0.2, 0.25) is 0 Å². The summed E-state index contributed by atoms with van der Waals surface area (Å²) in [7, 11) is 1.60. The molecule has 0 N–H and O–H groups in total. The van der Waals surface area contributed by atoms with Crippen molar-refractivity contribution in [2.45, 2.75) is 13.2 Å². The second-order valence-electron chi connectivity index (χ2n) is 7.06. The molecule has 0 saturated heterocycles. The number of allylic oxidation sites excluding steroid dienone is 1. The number of ether oxygens (including phenoxy) is 2. The first-order valence-electron chi connectivity index (χ1n) is 9.83. The number of rotatable bonds is 7. The van der Waals surface area contributed by atoms with Gasteiger partial charge in [-0.25, -0.2) is 4.98 Å². The van der Waals surface area contributed by atoms with Gasteiger partial charge in [0.15, 0.2) is 11.5 Å². The van der Waals surface area contributed by atoms with Crippen molar-refractivity contribution in [1.82, 2.24) is 9.55 Å². The van der Waals surface area contributed by atoms with Crippen LogP contribution in [-0.2, 0) is 13.2 Å². The first kappa shape index (κ1) is 22.2. The Morgan fingerprint density at radius 1 is 1.19 bits per heavy atom. The van der Waals surface area contributed by atoms with Crippen LogP contribution in [0.4, 0.5) is 0 Å². The Bertz CT molecular complexity index is 1340. The van der Waals surface area contributed by atoms with Crippen molar-refractivity contribution in [2.75, 3.05) is 7.11 Å².